The molecule has 4 nitrogen and oxygen atoms in total. The highest BCUT2D eigenvalue weighted by Gasteiger charge is 2.27. The third-order valence-corrected chi connectivity index (χ3v) is 3.75. The molecule has 1 saturated carbocycles. The molecule has 1 amide bonds. The Morgan fingerprint density at radius 1 is 1.33 bits per heavy atom. The van der Waals surface area contributed by atoms with Gasteiger partial charge >= 0.3 is 0 Å². The number of carbonyl (C=O) groups is 1. The molecule has 0 unspecified atom stereocenters. The van der Waals surface area contributed by atoms with E-state index >= 15 is 0 Å². The number of hydrogen-bond acceptors (Lipinski definition) is 2. The lowest BCUT2D eigenvalue weighted by atomic mass is 9.76. The molecule has 2 N–H and O–H groups in total. The van der Waals surface area contributed by atoms with E-state index in [4.69, 9.17) is 0 Å². The second-order valence-corrected chi connectivity index (χ2v) is 5.48. The minimum atomic E-state index is -0.244. The van der Waals surface area contributed by atoms with Crippen molar-refractivity contribution in [2.45, 2.75) is 39.0 Å². The number of hydrogen-bond donors (Lipinski definition) is 2. The lowest BCUT2D eigenvalue weighted by Gasteiger charge is -2.33. The average Bonchev–Trinajstić information content (AvgIpc) is 2.37. The van der Waals surface area contributed by atoms with E-state index in [-0.39, 0.29) is 16.9 Å². The molecule has 0 saturated heterocycles. The van der Waals surface area contributed by atoms with Crippen molar-refractivity contribution in [1.82, 2.24) is 10.3 Å². The molecular weight excluding hydrogens is 228 g/mol. The third-order valence-electron chi connectivity index (χ3n) is 3.75. The van der Waals surface area contributed by atoms with Gasteiger partial charge in [-0.3, -0.25) is 9.59 Å². The Hall–Kier alpha value is -1.58. The number of carbonyl (C=O) groups excluding carboxylic acids is 1. The second-order valence-electron chi connectivity index (χ2n) is 5.48. The van der Waals surface area contributed by atoms with Crippen LogP contribution in [0.15, 0.2) is 23.0 Å². The second kappa shape index (κ2) is 5.38. The molecule has 1 aliphatic carbocycles. The van der Waals surface area contributed by atoms with Gasteiger partial charge in [0, 0.05) is 12.6 Å². The van der Waals surface area contributed by atoms with Gasteiger partial charge in [0.25, 0.3) is 5.91 Å². The van der Waals surface area contributed by atoms with Crippen molar-refractivity contribution in [3.05, 3.63) is 34.2 Å². The molecule has 98 valence electrons. The van der Waals surface area contributed by atoms with Crippen LogP contribution in [0.2, 0.25) is 0 Å². The van der Waals surface area contributed by atoms with E-state index < -0.39 is 0 Å². The molecule has 1 fully saturated rings. The first-order chi connectivity index (χ1) is 8.59. The summed E-state index contributed by atoms with van der Waals surface area (Å²) in [6.07, 6.45) is 6.12. The van der Waals surface area contributed by atoms with Gasteiger partial charge in [0.1, 0.15) is 5.69 Å². The number of nitrogens with one attached hydrogen (secondary N) is 2. The Kier molecular flexibility index (Phi) is 3.84. The maximum atomic E-state index is 11.9. The number of rotatable bonds is 3. The quantitative estimate of drug-likeness (QED) is 0.860. The summed E-state index contributed by atoms with van der Waals surface area (Å²) in [6.45, 7) is 2.91. The summed E-state index contributed by atoms with van der Waals surface area (Å²) >= 11 is 0. The molecule has 4 heteroatoms. The molecule has 0 aromatic carbocycles. The fraction of sp³-hybridized carbons (Fsp3) is 0.571. The molecule has 0 atom stereocenters. The molecule has 0 radical (unpaired) electrons. The van der Waals surface area contributed by atoms with Crippen LogP contribution in [0.4, 0.5) is 0 Å². The van der Waals surface area contributed by atoms with Gasteiger partial charge < -0.3 is 10.3 Å². The van der Waals surface area contributed by atoms with Gasteiger partial charge in [-0.05, 0) is 24.3 Å². The number of aromatic nitrogens is 1. The van der Waals surface area contributed by atoms with Gasteiger partial charge in [0.2, 0.25) is 5.56 Å². The molecule has 0 aliphatic heterocycles. The number of amides is 1. The van der Waals surface area contributed by atoms with Crippen molar-refractivity contribution in [3.63, 3.8) is 0 Å². The Morgan fingerprint density at radius 3 is 2.72 bits per heavy atom. The number of pyridine rings is 1. The zero-order valence-corrected chi connectivity index (χ0v) is 10.8. The van der Waals surface area contributed by atoms with Crippen molar-refractivity contribution < 1.29 is 4.79 Å². The fourth-order valence-electron chi connectivity index (χ4n) is 2.55. The standard InChI is InChI=1S/C14H20N2O2/c1-14(8-3-2-4-9-14)10-15-13(18)11-6-5-7-12(17)16-11/h5-7H,2-4,8-10H2,1H3,(H,15,18)(H,16,17). The normalized spacial score (nSPS) is 18.3. The summed E-state index contributed by atoms with van der Waals surface area (Å²) < 4.78 is 0. The fourth-order valence-corrected chi connectivity index (χ4v) is 2.55. The predicted molar refractivity (Wildman–Crippen MR) is 70.6 cm³/mol. The highest BCUT2D eigenvalue weighted by atomic mass is 16.2. The van der Waals surface area contributed by atoms with E-state index in [9.17, 15) is 9.59 Å². The first-order valence-corrected chi connectivity index (χ1v) is 6.57. The lowest BCUT2D eigenvalue weighted by Crippen LogP contribution is -2.37. The summed E-state index contributed by atoms with van der Waals surface area (Å²) in [5.41, 5.74) is 0.302. The highest BCUT2D eigenvalue weighted by molar-refractivity contribution is 5.92. The number of aromatic amines is 1. The van der Waals surface area contributed by atoms with E-state index in [1.807, 2.05) is 0 Å². The summed E-state index contributed by atoms with van der Waals surface area (Å²) in [6, 6.07) is 4.62. The van der Waals surface area contributed by atoms with Crippen molar-refractivity contribution >= 4 is 5.91 Å². The Bertz CT molecular complexity index is 473. The minimum absolute atomic E-state index is 0.195. The van der Waals surface area contributed by atoms with Crippen molar-refractivity contribution in [2.24, 2.45) is 5.41 Å². The first-order valence-electron chi connectivity index (χ1n) is 6.57. The Labute approximate surface area is 107 Å². The van der Waals surface area contributed by atoms with E-state index in [2.05, 4.69) is 17.2 Å². The van der Waals surface area contributed by atoms with Gasteiger partial charge in [-0.15, -0.1) is 0 Å². The molecule has 1 heterocycles. The molecule has 0 spiro atoms. The maximum Gasteiger partial charge on any atom is 0.267 e. The average molecular weight is 248 g/mol. The van der Waals surface area contributed by atoms with Gasteiger partial charge in [-0.2, -0.15) is 0 Å². The summed E-state index contributed by atoms with van der Waals surface area (Å²) in [5, 5.41) is 2.93. The molecule has 1 aromatic rings. The van der Waals surface area contributed by atoms with E-state index in [0.29, 0.717) is 12.2 Å². The largest absolute Gasteiger partial charge is 0.350 e. The van der Waals surface area contributed by atoms with Crippen LogP contribution in [0, 0.1) is 5.41 Å². The van der Waals surface area contributed by atoms with Gasteiger partial charge in [-0.1, -0.05) is 32.3 Å². The minimum Gasteiger partial charge on any atom is -0.350 e. The summed E-state index contributed by atoms with van der Waals surface area (Å²) in [5.74, 6) is -0.195. The van der Waals surface area contributed by atoms with E-state index in [0.717, 1.165) is 0 Å². The zero-order chi connectivity index (χ0) is 13.0. The SMILES string of the molecule is CC1(CNC(=O)c2cccc(=O)[nH]2)CCCCC1. The van der Waals surface area contributed by atoms with Gasteiger partial charge in [0.05, 0.1) is 0 Å². The third kappa shape index (κ3) is 3.22. The summed E-state index contributed by atoms with van der Waals surface area (Å²) in [4.78, 5) is 25.6. The van der Waals surface area contributed by atoms with Gasteiger partial charge in [-0.25, -0.2) is 0 Å². The Morgan fingerprint density at radius 2 is 2.06 bits per heavy atom. The molecule has 18 heavy (non-hydrogen) atoms. The number of H-pyrrole nitrogens is 1. The van der Waals surface area contributed by atoms with Crippen molar-refractivity contribution in [1.29, 1.82) is 0 Å². The predicted octanol–water partition coefficient (Wildman–Crippen LogP) is 2.08. The van der Waals surface area contributed by atoms with E-state index in [1.54, 1.807) is 12.1 Å². The topological polar surface area (TPSA) is 62.0 Å². The maximum absolute atomic E-state index is 11.9. The van der Waals surface area contributed by atoms with Crippen LogP contribution in [0.5, 0.6) is 0 Å². The monoisotopic (exact) mass is 248 g/mol. The molecular formula is C14H20N2O2. The van der Waals surface area contributed by atoms with E-state index in [1.165, 1.54) is 38.2 Å². The lowest BCUT2D eigenvalue weighted by molar-refractivity contribution is 0.0914. The van der Waals surface area contributed by atoms with Crippen molar-refractivity contribution in [2.75, 3.05) is 6.54 Å². The molecule has 2 rings (SSSR count). The zero-order valence-electron chi connectivity index (χ0n) is 10.8. The summed E-state index contributed by atoms with van der Waals surface area (Å²) in [7, 11) is 0. The molecule has 1 aromatic heterocycles. The van der Waals surface area contributed by atoms with Crippen LogP contribution < -0.4 is 10.9 Å². The van der Waals surface area contributed by atoms with Crippen LogP contribution in [0.3, 0.4) is 0 Å². The highest BCUT2D eigenvalue weighted by Crippen LogP contribution is 2.34. The molecule has 0 bridgehead atoms. The van der Waals surface area contributed by atoms with Crippen LogP contribution >= 0.6 is 0 Å². The van der Waals surface area contributed by atoms with Crippen LogP contribution in [-0.2, 0) is 0 Å². The van der Waals surface area contributed by atoms with Crippen LogP contribution in [-0.4, -0.2) is 17.4 Å². The van der Waals surface area contributed by atoms with Gasteiger partial charge in [0.15, 0.2) is 0 Å². The van der Waals surface area contributed by atoms with Crippen molar-refractivity contribution in [3.8, 4) is 0 Å². The van der Waals surface area contributed by atoms with Crippen LogP contribution in [0.25, 0.3) is 0 Å². The Balaban J connectivity index is 1.94. The van der Waals surface area contributed by atoms with Crippen LogP contribution in [0.1, 0.15) is 49.5 Å². The first kappa shape index (κ1) is 12.9. The smallest absolute Gasteiger partial charge is 0.267 e. The molecule has 1 aliphatic rings.